The monoisotopic (exact) mass is 149 g/mol. The summed E-state index contributed by atoms with van der Waals surface area (Å²) in [5.41, 5.74) is 2.27. The fourth-order valence-corrected chi connectivity index (χ4v) is 1.18. The molecule has 0 aliphatic rings. The summed E-state index contributed by atoms with van der Waals surface area (Å²) < 4.78 is 1.82. The first-order chi connectivity index (χ1) is 5.33. The number of aromatic amines is 1. The van der Waals surface area contributed by atoms with E-state index in [4.69, 9.17) is 0 Å². The van der Waals surface area contributed by atoms with Crippen molar-refractivity contribution in [3.05, 3.63) is 18.1 Å². The SMILES string of the molecule is Cn1cnc2[nH]cc(C=O)c21. The zero-order chi connectivity index (χ0) is 7.84. The smallest absolute Gasteiger partial charge is 0.156 e. The summed E-state index contributed by atoms with van der Waals surface area (Å²) in [6.45, 7) is 0. The third-order valence-corrected chi connectivity index (χ3v) is 1.70. The molecule has 2 aromatic rings. The molecule has 0 aliphatic heterocycles. The lowest BCUT2D eigenvalue weighted by Crippen LogP contribution is -1.86. The molecule has 0 atom stereocenters. The lowest BCUT2D eigenvalue weighted by Gasteiger charge is -1.88. The molecule has 0 spiro atoms. The maximum atomic E-state index is 10.5. The fourth-order valence-electron chi connectivity index (χ4n) is 1.18. The summed E-state index contributed by atoms with van der Waals surface area (Å²) in [6, 6.07) is 0. The molecular weight excluding hydrogens is 142 g/mol. The van der Waals surface area contributed by atoms with E-state index >= 15 is 0 Å². The van der Waals surface area contributed by atoms with E-state index in [0.717, 1.165) is 17.5 Å². The van der Waals surface area contributed by atoms with Crippen LogP contribution in [-0.4, -0.2) is 20.8 Å². The second kappa shape index (κ2) is 1.95. The zero-order valence-electron chi connectivity index (χ0n) is 6.03. The number of nitrogens with zero attached hydrogens (tertiary/aromatic N) is 2. The van der Waals surface area contributed by atoms with E-state index in [-0.39, 0.29) is 0 Å². The predicted octanol–water partition coefficient (Wildman–Crippen LogP) is 0.714. The highest BCUT2D eigenvalue weighted by Gasteiger charge is 2.05. The number of aromatic nitrogens is 3. The van der Waals surface area contributed by atoms with Crippen molar-refractivity contribution in [2.24, 2.45) is 7.05 Å². The van der Waals surface area contributed by atoms with Gasteiger partial charge in [0, 0.05) is 13.2 Å². The van der Waals surface area contributed by atoms with Gasteiger partial charge in [-0.1, -0.05) is 0 Å². The van der Waals surface area contributed by atoms with Crippen LogP contribution in [0.3, 0.4) is 0 Å². The van der Waals surface area contributed by atoms with E-state index in [1.165, 1.54) is 0 Å². The van der Waals surface area contributed by atoms with Gasteiger partial charge < -0.3 is 9.55 Å². The minimum atomic E-state index is 0.653. The van der Waals surface area contributed by atoms with Crippen LogP contribution in [0.4, 0.5) is 0 Å². The molecule has 2 aromatic heterocycles. The van der Waals surface area contributed by atoms with Crippen molar-refractivity contribution in [2.45, 2.75) is 0 Å². The summed E-state index contributed by atoms with van der Waals surface area (Å²) in [6.07, 6.45) is 4.15. The number of hydrogen-bond acceptors (Lipinski definition) is 2. The average molecular weight is 149 g/mol. The van der Waals surface area contributed by atoms with Crippen LogP contribution in [0.25, 0.3) is 11.2 Å². The number of rotatable bonds is 1. The Morgan fingerprint density at radius 3 is 3.27 bits per heavy atom. The number of H-pyrrole nitrogens is 1. The van der Waals surface area contributed by atoms with E-state index in [2.05, 4.69) is 9.97 Å². The highest BCUT2D eigenvalue weighted by Crippen LogP contribution is 2.13. The van der Waals surface area contributed by atoms with Crippen LogP contribution in [0, 0.1) is 0 Å². The molecule has 56 valence electrons. The van der Waals surface area contributed by atoms with Crippen molar-refractivity contribution in [1.82, 2.24) is 14.5 Å². The summed E-state index contributed by atoms with van der Waals surface area (Å²) in [7, 11) is 1.86. The number of carbonyl (C=O) groups excluding carboxylic acids is 1. The molecule has 0 fully saturated rings. The van der Waals surface area contributed by atoms with E-state index in [9.17, 15) is 4.79 Å². The van der Waals surface area contributed by atoms with Gasteiger partial charge in [-0.05, 0) is 0 Å². The Balaban J connectivity index is 2.90. The highest BCUT2D eigenvalue weighted by molar-refractivity contribution is 5.93. The number of aryl methyl sites for hydroxylation is 1. The van der Waals surface area contributed by atoms with Gasteiger partial charge in [-0.3, -0.25) is 4.79 Å². The van der Waals surface area contributed by atoms with Crippen molar-refractivity contribution in [2.75, 3.05) is 0 Å². The maximum absolute atomic E-state index is 10.5. The number of aldehydes is 1. The van der Waals surface area contributed by atoms with Crippen molar-refractivity contribution in [3.8, 4) is 0 Å². The standard InChI is InChI=1S/C7H7N3O/c1-10-4-9-7-6(10)5(3-11)2-8-7/h2-4,8H,1H3. The molecule has 0 saturated carbocycles. The molecule has 0 bridgehead atoms. The quantitative estimate of drug-likeness (QED) is 0.607. The van der Waals surface area contributed by atoms with Gasteiger partial charge in [-0.2, -0.15) is 0 Å². The Bertz CT molecular complexity index is 399. The van der Waals surface area contributed by atoms with Gasteiger partial charge in [-0.25, -0.2) is 4.98 Å². The number of hydrogen-bond donors (Lipinski definition) is 1. The van der Waals surface area contributed by atoms with Crippen molar-refractivity contribution in [3.63, 3.8) is 0 Å². The Kier molecular flexibility index (Phi) is 1.09. The van der Waals surface area contributed by atoms with Crippen LogP contribution in [0.1, 0.15) is 10.4 Å². The zero-order valence-corrected chi connectivity index (χ0v) is 6.03. The number of imidazole rings is 1. The second-order valence-electron chi connectivity index (χ2n) is 2.41. The Labute approximate surface area is 62.9 Å². The molecule has 0 amide bonds. The van der Waals surface area contributed by atoms with Crippen molar-refractivity contribution in [1.29, 1.82) is 0 Å². The first-order valence-electron chi connectivity index (χ1n) is 3.26. The first-order valence-corrected chi connectivity index (χ1v) is 3.26. The number of nitrogens with one attached hydrogen (secondary N) is 1. The molecular formula is C7H7N3O. The molecule has 2 rings (SSSR count). The highest BCUT2D eigenvalue weighted by atomic mass is 16.1. The topological polar surface area (TPSA) is 50.7 Å². The molecule has 4 nitrogen and oxygen atoms in total. The first kappa shape index (κ1) is 6.15. The number of carbonyl (C=O) groups is 1. The van der Waals surface area contributed by atoms with Gasteiger partial charge in [0.1, 0.15) is 0 Å². The Hall–Kier alpha value is -1.58. The van der Waals surface area contributed by atoms with Gasteiger partial charge >= 0.3 is 0 Å². The Morgan fingerprint density at radius 2 is 2.55 bits per heavy atom. The van der Waals surface area contributed by atoms with E-state index in [0.29, 0.717) is 5.56 Å². The minimum absolute atomic E-state index is 0.653. The van der Waals surface area contributed by atoms with Gasteiger partial charge in [0.2, 0.25) is 0 Å². The summed E-state index contributed by atoms with van der Waals surface area (Å²) in [4.78, 5) is 17.4. The second-order valence-corrected chi connectivity index (χ2v) is 2.41. The lowest BCUT2D eigenvalue weighted by molar-refractivity contribution is 0.112. The third kappa shape index (κ3) is 0.690. The molecule has 0 saturated heterocycles. The van der Waals surface area contributed by atoms with Crippen molar-refractivity contribution >= 4 is 17.5 Å². The summed E-state index contributed by atoms with van der Waals surface area (Å²) >= 11 is 0. The van der Waals surface area contributed by atoms with E-state index < -0.39 is 0 Å². The van der Waals surface area contributed by atoms with Gasteiger partial charge in [0.25, 0.3) is 0 Å². The van der Waals surface area contributed by atoms with Gasteiger partial charge in [0.15, 0.2) is 11.9 Å². The fraction of sp³-hybridized carbons (Fsp3) is 0.143. The third-order valence-electron chi connectivity index (χ3n) is 1.70. The molecule has 0 aromatic carbocycles. The minimum Gasteiger partial charge on any atom is -0.344 e. The lowest BCUT2D eigenvalue weighted by atomic mass is 10.3. The molecule has 0 radical (unpaired) electrons. The van der Waals surface area contributed by atoms with Crippen LogP contribution in [-0.2, 0) is 7.05 Å². The summed E-state index contributed by atoms with van der Waals surface area (Å²) in [5, 5.41) is 0. The van der Waals surface area contributed by atoms with Crippen molar-refractivity contribution < 1.29 is 4.79 Å². The predicted molar refractivity (Wildman–Crippen MR) is 40.5 cm³/mol. The van der Waals surface area contributed by atoms with Crippen LogP contribution in [0.2, 0.25) is 0 Å². The molecule has 2 heterocycles. The average Bonchev–Trinajstić information content (AvgIpc) is 2.54. The van der Waals surface area contributed by atoms with E-state index in [1.807, 2.05) is 11.6 Å². The maximum Gasteiger partial charge on any atom is 0.156 e. The normalized spacial score (nSPS) is 10.6. The Morgan fingerprint density at radius 1 is 1.73 bits per heavy atom. The van der Waals surface area contributed by atoms with Gasteiger partial charge in [0.05, 0.1) is 17.4 Å². The molecule has 0 aliphatic carbocycles. The van der Waals surface area contributed by atoms with Crippen LogP contribution in [0.5, 0.6) is 0 Å². The number of fused-ring (bicyclic) bond motifs is 1. The molecule has 0 unspecified atom stereocenters. The molecule has 4 heteroatoms. The van der Waals surface area contributed by atoms with E-state index in [1.54, 1.807) is 12.5 Å². The van der Waals surface area contributed by atoms with Crippen LogP contribution in [0.15, 0.2) is 12.5 Å². The van der Waals surface area contributed by atoms with Gasteiger partial charge in [-0.15, -0.1) is 0 Å². The van der Waals surface area contributed by atoms with Crippen LogP contribution >= 0.6 is 0 Å². The molecule has 11 heavy (non-hydrogen) atoms. The van der Waals surface area contributed by atoms with Crippen LogP contribution < -0.4 is 0 Å². The molecule has 1 N–H and O–H groups in total. The largest absolute Gasteiger partial charge is 0.344 e. The summed E-state index contributed by atoms with van der Waals surface area (Å²) in [5.74, 6) is 0.